The van der Waals surface area contributed by atoms with Gasteiger partial charge in [0.2, 0.25) is 0 Å². The van der Waals surface area contributed by atoms with E-state index in [-0.39, 0.29) is 0 Å². The van der Waals surface area contributed by atoms with Crippen LogP contribution in [0.25, 0.3) is 0 Å². The first-order valence-corrected chi connectivity index (χ1v) is 9.37. The minimum atomic E-state index is 1.23. The van der Waals surface area contributed by atoms with Crippen LogP contribution in [0.1, 0.15) is 39.5 Å². The topological polar surface area (TPSA) is 0 Å². The first kappa shape index (κ1) is 15.5. The average Bonchev–Trinajstić information content (AvgIpc) is 2.26. The van der Waals surface area contributed by atoms with Crippen LogP contribution in [0.15, 0.2) is 24.3 Å². The highest BCUT2D eigenvalue weighted by Crippen LogP contribution is 2.35. The zero-order chi connectivity index (χ0) is 11.2. The van der Waals surface area contributed by atoms with Crippen LogP contribution in [-0.2, 0) is 0 Å². The maximum absolute atomic E-state index is 2.25. The molecule has 0 radical (unpaired) electrons. The van der Waals surface area contributed by atoms with Gasteiger partial charge in [0.25, 0.3) is 0 Å². The SMILES string of the molecule is C/C=C/CCCSSSCCC/C=C/C. The quantitative estimate of drug-likeness (QED) is 0.280. The number of allylic oxidation sites excluding steroid dienone is 4. The fourth-order valence-electron chi connectivity index (χ4n) is 0.956. The number of rotatable bonds is 10. The van der Waals surface area contributed by atoms with Gasteiger partial charge in [-0.2, -0.15) is 0 Å². The van der Waals surface area contributed by atoms with E-state index < -0.39 is 0 Å². The first-order valence-electron chi connectivity index (χ1n) is 5.55. The van der Waals surface area contributed by atoms with Crippen molar-refractivity contribution < 1.29 is 0 Å². The normalized spacial score (nSPS) is 11.9. The molecule has 0 N–H and O–H groups in total. The summed E-state index contributed by atoms with van der Waals surface area (Å²) in [7, 11) is 5.94. The highest BCUT2D eigenvalue weighted by atomic mass is 33.5. The third kappa shape index (κ3) is 14.5. The van der Waals surface area contributed by atoms with E-state index in [9.17, 15) is 0 Å². The zero-order valence-electron chi connectivity index (χ0n) is 9.78. The molecule has 0 fully saturated rings. The number of unbranched alkanes of at least 4 members (excludes halogenated alkanes) is 2. The van der Waals surface area contributed by atoms with E-state index in [1.54, 1.807) is 0 Å². The second kappa shape index (κ2) is 14.5. The van der Waals surface area contributed by atoms with E-state index in [1.165, 1.54) is 37.2 Å². The Bertz CT molecular complexity index is 146. The predicted molar refractivity (Wildman–Crippen MR) is 80.6 cm³/mol. The van der Waals surface area contributed by atoms with E-state index in [0.717, 1.165) is 0 Å². The monoisotopic (exact) mass is 262 g/mol. The maximum Gasteiger partial charge on any atom is 0.00480 e. The summed E-state index contributed by atoms with van der Waals surface area (Å²) in [6.07, 6.45) is 13.8. The lowest BCUT2D eigenvalue weighted by atomic mass is 10.3. The van der Waals surface area contributed by atoms with Crippen LogP contribution in [0.5, 0.6) is 0 Å². The Balaban J connectivity index is 2.92. The first-order chi connectivity index (χ1) is 7.41. The largest absolute Gasteiger partial charge is 0.0917 e. The Labute approximate surface area is 107 Å². The molecule has 0 unspecified atom stereocenters. The van der Waals surface area contributed by atoms with E-state index in [1.807, 2.05) is 31.4 Å². The summed E-state index contributed by atoms with van der Waals surface area (Å²) >= 11 is 0. The van der Waals surface area contributed by atoms with Gasteiger partial charge in [-0.15, -0.1) is 0 Å². The zero-order valence-corrected chi connectivity index (χ0v) is 12.2. The molecule has 0 aromatic rings. The molecule has 3 heteroatoms. The third-order valence-corrected chi connectivity index (χ3v) is 6.18. The summed E-state index contributed by atoms with van der Waals surface area (Å²) in [5.74, 6) is 2.55. The molecule has 0 aromatic carbocycles. The Morgan fingerprint density at radius 1 is 0.800 bits per heavy atom. The Morgan fingerprint density at radius 3 is 1.67 bits per heavy atom. The fraction of sp³-hybridized carbons (Fsp3) is 0.667. The second-order valence-corrected chi connectivity index (χ2v) is 7.61. The minimum absolute atomic E-state index is 1.23. The van der Waals surface area contributed by atoms with E-state index in [2.05, 4.69) is 38.2 Å². The Kier molecular flexibility index (Phi) is 15.0. The second-order valence-electron chi connectivity index (χ2n) is 3.13. The molecule has 0 saturated carbocycles. The summed E-state index contributed by atoms with van der Waals surface area (Å²) in [4.78, 5) is 0. The van der Waals surface area contributed by atoms with Crippen molar-refractivity contribution in [3.63, 3.8) is 0 Å². The molecule has 0 aliphatic rings. The van der Waals surface area contributed by atoms with Crippen molar-refractivity contribution in [2.45, 2.75) is 39.5 Å². The summed E-state index contributed by atoms with van der Waals surface area (Å²) in [5.41, 5.74) is 0. The van der Waals surface area contributed by atoms with Crippen LogP contribution >= 0.6 is 31.4 Å². The maximum atomic E-state index is 2.25. The van der Waals surface area contributed by atoms with Gasteiger partial charge in [0.05, 0.1) is 0 Å². The molecular weight excluding hydrogens is 240 g/mol. The standard InChI is InChI=1S/C12H22S3/c1-3-5-7-9-11-13-15-14-12-10-8-6-4-2/h3-6H,7-12H2,1-2H3/b5-3+,6-4+. The molecule has 0 aliphatic carbocycles. The van der Waals surface area contributed by atoms with Crippen molar-refractivity contribution in [1.29, 1.82) is 0 Å². The minimum Gasteiger partial charge on any atom is -0.0917 e. The van der Waals surface area contributed by atoms with Crippen LogP contribution in [0.4, 0.5) is 0 Å². The van der Waals surface area contributed by atoms with Gasteiger partial charge in [-0.05, 0) is 49.4 Å². The van der Waals surface area contributed by atoms with Gasteiger partial charge in [-0.1, -0.05) is 45.9 Å². The summed E-state index contributed by atoms with van der Waals surface area (Å²) in [5, 5.41) is 0. The van der Waals surface area contributed by atoms with E-state index in [4.69, 9.17) is 0 Å². The highest BCUT2D eigenvalue weighted by Gasteiger charge is 1.91. The Hall–Kier alpha value is 0.530. The van der Waals surface area contributed by atoms with Gasteiger partial charge < -0.3 is 0 Å². The van der Waals surface area contributed by atoms with Crippen molar-refractivity contribution in [3.05, 3.63) is 24.3 Å². The number of hydrogen-bond donors (Lipinski definition) is 0. The van der Waals surface area contributed by atoms with Crippen LogP contribution in [0.3, 0.4) is 0 Å². The van der Waals surface area contributed by atoms with Crippen molar-refractivity contribution in [2.75, 3.05) is 11.5 Å². The molecular formula is C12H22S3. The molecule has 88 valence electrons. The van der Waals surface area contributed by atoms with Gasteiger partial charge in [0.15, 0.2) is 0 Å². The smallest absolute Gasteiger partial charge is 0.00480 e. The van der Waals surface area contributed by atoms with Crippen LogP contribution in [-0.4, -0.2) is 11.5 Å². The number of hydrogen-bond acceptors (Lipinski definition) is 3. The molecule has 0 aromatic heterocycles. The van der Waals surface area contributed by atoms with Crippen molar-refractivity contribution in [2.24, 2.45) is 0 Å². The lowest BCUT2D eigenvalue weighted by molar-refractivity contribution is 0.972. The van der Waals surface area contributed by atoms with E-state index >= 15 is 0 Å². The van der Waals surface area contributed by atoms with Crippen molar-refractivity contribution >= 4 is 31.4 Å². The molecule has 0 bridgehead atoms. The molecule has 0 aliphatic heterocycles. The Morgan fingerprint density at radius 2 is 1.27 bits per heavy atom. The van der Waals surface area contributed by atoms with Crippen LogP contribution in [0, 0.1) is 0 Å². The molecule has 0 spiro atoms. The van der Waals surface area contributed by atoms with Crippen LogP contribution < -0.4 is 0 Å². The molecule has 15 heavy (non-hydrogen) atoms. The van der Waals surface area contributed by atoms with Gasteiger partial charge in [-0.25, -0.2) is 0 Å². The molecule has 0 nitrogen and oxygen atoms in total. The van der Waals surface area contributed by atoms with Gasteiger partial charge in [0.1, 0.15) is 0 Å². The molecule has 0 amide bonds. The molecule has 0 saturated heterocycles. The summed E-state index contributed by atoms with van der Waals surface area (Å²) in [6, 6.07) is 0. The molecule has 0 rings (SSSR count). The molecule has 0 heterocycles. The average molecular weight is 263 g/mol. The van der Waals surface area contributed by atoms with Crippen molar-refractivity contribution in [1.82, 2.24) is 0 Å². The molecule has 0 atom stereocenters. The van der Waals surface area contributed by atoms with E-state index in [0.29, 0.717) is 0 Å². The predicted octanol–water partition coefficient (Wildman–Crippen LogP) is 5.73. The van der Waals surface area contributed by atoms with Gasteiger partial charge in [-0.3, -0.25) is 0 Å². The summed E-state index contributed by atoms with van der Waals surface area (Å²) in [6.45, 7) is 4.17. The van der Waals surface area contributed by atoms with Gasteiger partial charge >= 0.3 is 0 Å². The summed E-state index contributed by atoms with van der Waals surface area (Å²) < 4.78 is 0. The highest BCUT2D eigenvalue weighted by molar-refractivity contribution is 9.09. The third-order valence-electron chi connectivity index (χ3n) is 1.76. The van der Waals surface area contributed by atoms with Crippen molar-refractivity contribution in [3.8, 4) is 0 Å². The lowest BCUT2D eigenvalue weighted by Gasteiger charge is -1.98. The van der Waals surface area contributed by atoms with Crippen LogP contribution in [0.2, 0.25) is 0 Å². The lowest BCUT2D eigenvalue weighted by Crippen LogP contribution is -1.75. The fourth-order valence-corrected chi connectivity index (χ4v) is 4.89. The van der Waals surface area contributed by atoms with Gasteiger partial charge in [0, 0.05) is 11.5 Å².